The molecule has 0 saturated carbocycles. The molecular weight excluding hydrogens is 439 g/mol. The molecule has 0 aromatic heterocycles. The van der Waals surface area contributed by atoms with E-state index in [2.05, 4.69) is 10.5 Å². The molecule has 3 rings (SSSR count). The van der Waals surface area contributed by atoms with Gasteiger partial charge in [-0.1, -0.05) is 71.7 Å². The summed E-state index contributed by atoms with van der Waals surface area (Å²) in [7, 11) is 0. The van der Waals surface area contributed by atoms with Crippen molar-refractivity contribution in [2.75, 3.05) is 5.75 Å². The van der Waals surface area contributed by atoms with Crippen LogP contribution in [0.4, 0.5) is 0 Å². The van der Waals surface area contributed by atoms with Crippen molar-refractivity contribution in [3.8, 4) is 5.75 Å². The summed E-state index contributed by atoms with van der Waals surface area (Å²) in [5, 5.41) is 5.24. The van der Waals surface area contributed by atoms with Gasteiger partial charge in [-0.25, -0.2) is 5.43 Å². The van der Waals surface area contributed by atoms with Crippen LogP contribution < -0.4 is 10.2 Å². The number of ether oxygens (including phenoxy) is 1. The molecule has 0 aliphatic heterocycles. The van der Waals surface area contributed by atoms with Crippen LogP contribution in [-0.2, 0) is 17.2 Å². The van der Waals surface area contributed by atoms with Crippen molar-refractivity contribution >= 4 is 47.1 Å². The Morgan fingerprint density at radius 2 is 1.67 bits per heavy atom. The van der Waals surface area contributed by atoms with E-state index in [9.17, 15) is 4.79 Å². The Bertz CT molecular complexity index is 993. The second-order valence-corrected chi connectivity index (χ2v) is 8.10. The van der Waals surface area contributed by atoms with Crippen molar-refractivity contribution in [2.45, 2.75) is 12.4 Å². The van der Waals surface area contributed by atoms with Crippen molar-refractivity contribution in [3.05, 3.63) is 99.5 Å². The highest BCUT2D eigenvalue weighted by molar-refractivity contribution is 7.99. The van der Waals surface area contributed by atoms with E-state index in [-0.39, 0.29) is 11.7 Å². The zero-order valence-electron chi connectivity index (χ0n) is 16.1. The standard InChI is InChI=1S/C23H20Cl2N2O2S/c24-20-10-6-11-21(25)19(20)15-30-16-23(28)27-26-13-18-9-4-5-12-22(18)29-14-17-7-2-1-3-8-17/h1-13H,14-16H2,(H,27,28)/b26-13-. The van der Waals surface area contributed by atoms with Crippen LogP contribution in [0.3, 0.4) is 0 Å². The van der Waals surface area contributed by atoms with Gasteiger partial charge in [-0.3, -0.25) is 4.79 Å². The summed E-state index contributed by atoms with van der Waals surface area (Å²) in [6, 6.07) is 22.8. The molecule has 0 radical (unpaired) electrons. The van der Waals surface area contributed by atoms with Crippen molar-refractivity contribution in [2.24, 2.45) is 5.10 Å². The zero-order valence-corrected chi connectivity index (χ0v) is 18.4. The fourth-order valence-electron chi connectivity index (χ4n) is 2.58. The molecule has 0 saturated heterocycles. The summed E-state index contributed by atoms with van der Waals surface area (Å²) < 4.78 is 5.88. The number of rotatable bonds is 9. The van der Waals surface area contributed by atoms with Gasteiger partial charge >= 0.3 is 0 Å². The van der Waals surface area contributed by atoms with Gasteiger partial charge in [0.05, 0.1) is 12.0 Å². The highest BCUT2D eigenvalue weighted by Crippen LogP contribution is 2.28. The quantitative estimate of drug-likeness (QED) is 0.318. The van der Waals surface area contributed by atoms with Crippen LogP contribution in [0.5, 0.6) is 5.75 Å². The number of thioether (sulfide) groups is 1. The Hall–Kier alpha value is -2.47. The molecule has 3 aromatic rings. The molecule has 0 unspecified atom stereocenters. The van der Waals surface area contributed by atoms with Gasteiger partial charge in [-0.2, -0.15) is 5.10 Å². The Labute approximate surface area is 190 Å². The number of hydrogen-bond donors (Lipinski definition) is 1. The highest BCUT2D eigenvalue weighted by Gasteiger charge is 2.07. The van der Waals surface area contributed by atoms with Gasteiger partial charge in [-0.15, -0.1) is 11.8 Å². The zero-order chi connectivity index (χ0) is 21.2. The minimum Gasteiger partial charge on any atom is -0.488 e. The van der Waals surface area contributed by atoms with Gasteiger partial charge in [0.25, 0.3) is 0 Å². The van der Waals surface area contributed by atoms with E-state index in [4.69, 9.17) is 27.9 Å². The maximum absolute atomic E-state index is 12.0. The monoisotopic (exact) mass is 458 g/mol. The van der Waals surface area contributed by atoms with Crippen LogP contribution in [0.25, 0.3) is 0 Å². The topological polar surface area (TPSA) is 50.7 Å². The lowest BCUT2D eigenvalue weighted by Gasteiger charge is -2.09. The van der Waals surface area contributed by atoms with Crippen molar-refractivity contribution in [1.29, 1.82) is 0 Å². The largest absolute Gasteiger partial charge is 0.488 e. The molecule has 0 heterocycles. The van der Waals surface area contributed by atoms with E-state index in [0.29, 0.717) is 28.2 Å². The SMILES string of the molecule is O=C(CSCc1c(Cl)cccc1Cl)N/N=C\c1ccccc1OCc1ccccc1. The van der Waals surface area contributed by atoms with Crippen LogP contribution in [0.15, 0.2) is 77.9 Å². The second-order valence-electron chi connectivity index (χ2n) is 6.30. The Morgan fingerprint density at radius 3 is 2.43 bits per heavy atom. The van der Waals surface area contributed by atoms with Crippen molar-refractivity contribution in [3.63, 3.8) is 0 Å². The highest BCUT2D eigenvalue weighted by atomic mass is 35.5. The van der Waals surface area contributed by atoms with Gasteiger partial charge in [0.1, 0.15) is 12.4 Å². The van der Waals surface area contributed by atoms with E-state index < -0.39 is 0 Å². The smallest absolute Gasteiger partial charge is 0.250 e. The summed E-state index contributed by atoms with van der Waals surface area (Å²) in [6.07, 6.45) is 1.58. The fourth-order valence-corrected chi connectivity index (χ4v) is 4.13. The average molecular weight is 459 g/mol. The van der Waals surface area contributed by atoms with Crippen LogP contribution >= 0.6 is 35.0 Å². The fraction of sp³-hybridized carbons (Fsp3) is 0.130. The second kappa shape index (κ2) is 11.6. The normalized spacial score (nSPS) is 10.9. The lowest BCUT2D eigenvalue weighted by atomic mass is 10.2. The summed E-state index contributed by atoms with van der Waals surface area (Å²) in [5.41, 5.74) is 5.22. The molecule has 1 N–H and O–H groups in total. The van der Waals surface area contributed by atoms with Gasteiger partial charge < -0.3 is 4.74 Å². The molecule has 1 amide bonds. The molecule has 0 spiro atoms. The van der Waals surface area contributed by atoms with Gasteiger partial charge in [0, 0.05) is 21.4 Å². The average Bonchev–Trinajstić information content (AvgIpc) is 2.76. The van der Waals surface area contributed by atoms with Crippen molar-refractivity contribution in [1.82, 2.24) is 5.43 Å². The molecule has 0 fully saturated rings. The molecule has 0 atom stereocenters. The minimum absolute atomic E-state index is 0.206. The van der Waals surface area contributed by atoms with E-state index >= 15 is 0 Å². The van der Waals surface area contributed by atoms with Crippen LogP contribution in [0.2, 0.25) is 10.0 Å². The summed E-state index contributed by atoms with van der Waals surface area (Å²) >= 11 is 13.7. The minimum atomic E-state index is -0.206. The third-order valence-corrected chi connectivity index (χ3v) is 5.76. The van der Waals surface area contributed by atoms with E-state index in [1.54, 1.807) is 24.4 Å². The summed E-state index contributed by atoms with van der Waals surface area (Å²) in [5.74, 6) is 1.28. The number of para-hydroxylation sites is 1. The predicted octanol–water partition coefficient (Wildman–Crippen LogP) is 5.96. The molecule has 0 bridgehead atoms. The molecule has 7 heteroatoms. The molecule has 154 valence electrons. The Kier molecular flexibility index (Phi) is 8.63. The maximum Gasteiger partial charge on any atom is 0.250 e. The molecule has 0 aliphatic rings. The van der Waals surface area contributed by atoms with Crippen LogP contribution in [0.1, 0.15) is 16.7 Å². The van der Waals surface area contributed by atoms with Gasteiger partial charge in [0.15, 0.2) is 0 Å². The van der Waals surface area contributed by atoms with Crippen LogP contribution in [-0.4, -0.2) is 17.9 Å². The van der Waals surface area contributed by atoms with E-state index in [0.717, 1.165) is 16.7 Å². The lowest BCUT2D eigenvalue weighted by molar-refractivity contribution is -0.118. The van der Waals surface area contributed by atoms with Gasteiger partial charge in [0.2, 0.25) is 5.91 Å². The Balaban J connectivity index is 1.48. The molecule has 4 nitrogen and oxygen atoms in total. The number of amides is 1. The third kappa shape index (κ3) is 6.80. The number of halogens is 2. The molecule has 30 heavy (non-hydrogen) atoms. The number of benzene rings is 3. The summed E-state index contributed by atoms with van der Waals surface area (Å²) in [4.78, 5) is 12.0. The first kappa shape index (κ1) is 22.2. The predicted molar refractivity (Wildman–Crippen MR) is 126 cm³/mol. The first-order valence-corrected chi connectivity index (χ1v) is 11.1. The van der Waals surface area contributed by atoms with Gasteiger partial charge in [-0.05, 0) is 35.4 Å². The number of nitrogens with one attached hydrogen (secondary N) is 1. The number of carbonyl (C=O) groups is 1. The van der Waals surface area contributed by atoms with E-state index in [1.807, 2.05) is 54.6 Å². The molecule has 0 aliphatic carbocycles. The number of carbonyl (C=O) groups excluding carboxylic acids is 1. The number of hydrazone groups is 1. The molecular formula is C23H20Cl2N2O2S. The molecule has 3 aromatic carbocycles. The van der Waals surface area contributed by atoms with Crippen LogP contribution in [0, 0.1) is 0 Å². The summed E-state index contributed by atoms with van der Waals surface area (Å²) in [6.45, 7) is 0.458. The number of hydrogen-bond acceptors (Lipinski definition) is 4. The number of nitrogens with zero attached hydrogens (tertiary/aromatic N) is 1. The first-order chi connectivity index (χ1) is 14.6. The maximum atomic E-state index is 12.0. The lowest BCUT2D eigenvalue weighted by Crippen LogP contribution is -2.19. The third-order valence-electron chi connectivity index (χ3n) is 4.09. The van der Waals surface area contributed by atoms with Crippen molar-refractivity contribution < 1.29 is 9.53 Å². The van der Waals surface area contributed by atoms with E-state index in [1.165, 1.54) is 11.8 Å². The Morgan fingerprint density at radius 1 is 0.967 bits per heavy atom. The first-order valence-electron chi connectivity index (χ1n) is 9.22.